The van der Waals surface area contributed by atoms with Crippen molar-refractivity contribution in [2.75, 3.05) is 0 Å². The molecule has 0 atom stereocenters. The van der Waals surface area contributed by atoms with E-state index in [0.29, 0.717) is 40.6 Å². The van der Waals surface area contributed by atoms with Crippen molar-refractivity contribution in [1.29, 1.82) is 0 Å². The van der Waals surface area contributed by atoms with Crippen LogP contribution >= 0.6 is 0 Å². The number of ether oxygens (including phenoxy) is 1. The molecule has 0 amide bonds. The van der Waals surface area contributed by atoms with E-state index in [1.807, 2.05) is 44.2 Å². The molecule has 4 aromatic rings. The van der Waals surface area contributed by atoms with Crippen LogP contribution in [0.15, 0.2) is 65.1 Å². The van der Waals surface area contributed by atoms with Gasteiger partial charge in [-0.25, -0.2) is 9.78 Å². The highest BCUT2D eigenvalue weighted by molar-refractivity contribution is 5.96. The average Bonchev–Trinajstić information content (AvgIpc) is 3.27. The highest BCUT2D eigenvalue weighted by Crippen LogP contribution is 2.37. The van der Waals surface area contributed by atoms with Crippen molar-refractivity contribution in [3.8, 4) is 23.0 Å². The second-order valence-electron chi connectivity index (χ2n) is 9.53. The fraction of sp³-hybridized carbons (Fsp3) is 0.276. The molecule has 0 aliphatic heterocycles. The fourth-order valence-corrected chi connectivity index (χ4v) is 3.96. The molecule has 2 N–H and O–H groups in total. The second-order valence-corrected chi connectivity index (χ2v) is 9.53. The summed E-state index contributed by atoms with van der Waals surface area (Å²) >= 11 is 0. The molecule has 0 saturated carbocycles. The summed E-state index contributed by atoms with van der Waals surface area (Å²) in [6.45, 7) is 6.91. The van der Waals surface area contributed by atoms with E-state index in [-0.39, 0.29) is 23.9 Å². The minimum atomic E-state index is -1.37. The minimum absolute atomic E-state index is 0.0490. The van der Waals surface area contributed by atoms with E-state index >= 15 is 0 Å². The molecule has 0 radical (unpaired) electrons. The Hall–Kier alpha value is -4.13. The SMILES string of the molecule is CC(C)c1oc(-c2ccc3ccccc3c2O)nc1CCC(=O)c1ccc(OC(C)(C)C(=O)O)cc1. The van der Waals surface area contributed by atoms with Crippen LogP contribution in [0.2, 0.25) is 0 Å². The van der Waals surface area contributed by atoms with E-state index in [9.17, 15) is 19.8 Å². The predicted octanol–water partition coefficient (Wildman–Crippen LogP) is 6.38. The van der Waals surface area contributed by atoms with Crippen LogP contribution in [0.1, 0.15) is 61.8 Å². The number of phenolic OH excluding ortho intramolecular Hbond substituents is 1. The number of aromatic hydroxyl groups is 1. The number of carbonyl (C=O) groups excluding carboxylic acids is 1. The molecule has 1 heterocycles. The summed E-state index contributed by atoms with van der Waals surface area (Å²) in [4.78, 5) is 28.8. The zero-order valence-electron chi connectivity index (χ0n) is 20.7. The molecule has 1 aromatic heterocycles. The Bertz CT molecular complexity index is 1420. The number of carbonyl (C=O) groups is 2. The van der Waals surface area contributed by atoms with Crippen molar-refractivity contribution in [2.24, 2.45) is 0 Å². The number of aryl methyl sites for hydroxylation is 1. The molecule has 0 aliphatic rings. The Morgan fingerprint density at radius 3 is 2.39 bits per heavy atom. The number of nitrogens with zero attached hydrogens (tertiary/aromatic N) is 1. The lowest BCUT2D eigenvalue weighted by atomic mass is 10.0. The van der Waals surface area contributed by atoms with Crippen molar-refractivity contribution < 1.29 is 29.0 Å². The van der Waals surface area contributed by atoms with E-state index in [1.54, 1.807) is 30.3 Å². The number of carboxylic acids is 1. The van der Waals surface area contributed by atoms with Crippen LogP contribution in [-0.2, 0) is 11.2 Å². The monoisotopic (exact) mass is 487 g/mol. The molecule has 0 saturated heterocycles. The third-order valence-electron chi connectivity index (χ3n) is 6.04. The summed E-state index contributed by atoms with van der Waals surface area (Å²) in [6, 6.07) is 17.7. The van der Waals surface area contributed by atoms with Crippen LogP contribution in [0.5, 0.6) is 11.5 Å². The van der Waals surface area contributed by atoms with E-state index in [2.05, 4.69) is 4.98 Å². The Kier molecular flexibility index (Phi) is 6.84. The number of Topliss-reactive ketones (excluding diaryl/α,β-unsaturated/α-hetero) is 1. The highest BCUT2D eigenvalue weighted by atomic mass is 16.5. The van der Waals surface area contributed by atoms with Gasteiger partial charge in [-0.15, -0.1) is 0 Å². The first-order valence-electron chi connectivity index (χ1n) is 11.8. The second kappa shape index (κ2) is 9.85. The van der Waals surface area contributed by atoms with E-state index < -0.39 is 11.6 Å². The quantitative estimate of drug-likeness (QED) is 0.264. The Balaban J connectivity index is 1.51. The smallest absolute Gasteiger partial charge is 0.347 e. The number of hydrogen-bond acceptors (Lipinski definition) is 6. The van der Waals surface area contributed by atoms with Crippen LogP contribution in [0.3, 0.4) is 0 Å². The summed E-state index contributed by atoms with van der Waals surface area (Å²) < 4.78 is 11.6. The van der Waals surface area contributed by atoms with Crippen molar-refractivity contribution in [1.82, 2.24) is 4.98 Å². The zero-order chi connectivity index (χ0) is 26.0. The molecule has 4 rings (SSSR count). The first kappa shape index (κ1) is 25.0. The number of fused-ring (bicyclic) bond motifs is 1. The van der Waals surface area contributed by atoms with Crippen molar-refractivity contribution >= 4 is 22.5 Å². The van der Waals surface area contributed by atoms with Gasteiger partial charge in [-0.3, -0.25) is 4.79 Å². The number of rotatable bonds is 9. The van der Waals surface area contributed by atoms with Gasteiger partial charge in [0, 0.05) is 29.7 Å². The topological polar surface area (TPSA) is 110 Å². The Morgan fingerprint density at radius 2 is 1.72 bits per heavy atom. The van der Waals surface area contributed by atoms with Gasteiger partial charge in [-0.2, -0.15) is 0 Å². The van der Waals surface area contributed by atoms with Crippen LogP contribution in [-0.4, -0.2) is 32.6 Å². The number of carboxylic acid groups (broad SMARTS) is 1. The first-order valence-corrected chi connectivity index (χ1v) is 11.8. The lowest BCUT2D eigenvalue weighted by molar-refractivity contribution is -0.152. The molecule has 0 bridgehead atoms. The molecule has 0 unspecified atom stereocenters. The van der Waals surface area contributed by atoms with Crippen LogP contribution < -0.4 is 4.74 Å². The van der Waals surface area contributed by atoms with Gasteiger partial charge in [0.05, 0.1) is 11.3 Å². The standard InChI is InChI=1S/C29H29NO6/c1-17(2)26-23(30-27(35-26)22-14-11-18-7-5-6-8-21(18)25(22)32)15-16-24(31)19-9-12-20(13-10-19)36-29(3,4)28(33)34/h5-14,17,32H,15-16H2,1-4H3,(H,33,34). The average molecular weight is 488 g/mol. The summed E-state index contributed by atoms with van der Waals surface area (Å²) in [7, 11) is 0. The van der Waals surface area contributed by atoms with Crippen molar-refractivity contribution in [3.63, 3.8) is 0 Å². The number of hydrogen-bond donors (Lipinski definition) is 2. The molecule has 36 heavy (non-hydrogen) atoms. The zero-order valence-corrected chi connectivity index (χ0v) is 20.7. The lowest BCUT2D eigenvalue weighted by Gasteiger charge is -2.21. The maximum Gasteiger partial charge on any atom is 0.347 e. The number of ketones is 1. The number of aliphatic carboxylic acids is 1. The van der Waals surface area contributed by atoms with Gasteiger partial charge in [0.25, 0.3) is 0 Å². The van der Waals surface area contributed by atoms with Crippen LogP contribution in [0.25, 0.3) is 22.2 Å². The lowest BCUT2D eigenvalue weighted by Crippen LogP contribution is -2.37. The fourth-order valence-electron chi connectivity index (χ4n) is 3.96. The Morgan fingerprint density at radius 1 is 1.03 bits per heavy atom. The van der Waals surface area contributed by atoms with Crippen LogP contribution in [0.4, 0.5) is 0 Å². The summed E-state index contributed by atoms with van der Waals surface area (Å²) in [5.74, 6) is 0.391. The van der Waals surface area contributed by atoms with E-state index in [4.69, 9.17) is 9.15 Å². The highest BCUT2D eigenvalue weighted by Gasteiger charge is 2.29. The molecule has 7 nitrogen and oxygen atoms in total. The number of aromatic nitrogens is 1. The minimum Gasteiger partial charge on any atom is -0.506 e. The van der Waals surface area contributed by atoms with Crippen molar-refractivity contribution in [2.45, 2.75) is 52.1 Å². The van der Waals surface area contributed by atoms with Gasteiger partial charge in [-0.05, 0) is 49.6 Å². The van der Waals surface area contributed by atoms with Gasteiger partial charge in [0.15, 0.2) is 11.4 Å². The molecule has 0 fully saturated rings. The molecule has 7 heteroatoms. The third kappa shape index (κ3) is 5.10. The number of oxazole rings is 1. The largest absolute Gasteiger partial charge is 0.506 e. The van der Waals surface area contributed by atoms with E-state index in [0.717, 1.165) is 10.8 Å². The molecule has 0 spiro atoms. The number of benzene rings is 3. The van der Waals surface area contributed by atoms with Gasteiger partial charge in [0.2, 0.25) is 5.89 Å². The maximum absolute atomic E-state index is 12.8. The molecule has 186 valence electrons. The van der Waals surface area contributed by atoms with Gasteiger partial charge >= 0.3 is 5.97 Å². The van der Waals surface area contributed by atoms with Gasteiger partial charge < -0.3 is 19.4 Å². The first-order chi connectivity index (χ1) is 17.1. The molecule has 0 aliphatic carbocycles. The van der Waals surface area contributed by atoms with Crippen LogP contribution in [0, 0.1) is 0 Å². The number of phenols is 1. The summed E-state index contributed by atoms with van der Waals surface area (Å²) in [6.07, 6.45) is 0.602. The molecule has 3 aromatic carbocycles. The molecular weight excluding hydrogens is 458 g/mol. The Labute approximate surface area is 209 Å². The maximum atomic E-state index is 12.8. The summed E-state index contributed by atoms with van der Waals surface area (Å²) in [5.41, 5.74) is 0.317. The third-order valence-corrected chi connectivity index (χ3v) is 6.04. The normalized spacial score (nSPS) is 11.7. The summed E-state index contributed by atoms with van der Waals surface area (Å²) in [5, 5.41) is 21.7. The molecular formula is C29H29NO6. The van der Waals surface area contributed by atoms with Gasteiger partial charge in [-0.1, -0.05) is 44.2 Å². The van der Waals surface area contributed by atoms with Gasteiger partial charge in [0.1, 0.15) is 17.3 Å². The van der Waals surface area contributed by atoms with Crippen molar-refractivity contribution in [3.05, 3.63) is 77.7 Å². The predicted molar refractivity (Wildman–Crippen MR) is 137 cm³/mol. The van der Waals surface area contributed by atoms with E-state index in [1.165, 1.54) is 13.8 Å².